The third kappa shape index (κ3) is 3.11. The molecule has 6 heteroatoms. The van der Waals surface area contributed by atoms with Crippen LogP contribution in [0.5, 0.6) is 0 Å². The Labute approximate surface area is 139 Å². The highest BCUT2D eigenvalue weighted by atomic mass is 35.5. The van der Waals surface area contributed by atoms with E-state index in [2.05, 4.69) is 5.10 Å². The van der Waals surface area contributed by atoms with Crippen molar-refractivity contribution in [3.63, 3.8) is 0 Å². The number of amides is 1. The normalized spacial score (nSPS) is 18.7. The molecule has 0 saturated carbocycles. The van der Waals surface area contributed by atoms with Gasteiger partial charge < -0.3 is 4.90 Å². The smallest absolute Gasteiger partial charge is 0.257 e. The molecule has 0 bridgehead atoms. The van der Waals surface area contributed by atoms with E-state index in [1.807, 2.05) is 7.05 Å². The van der Waals surface area contributed by atoms with Crippen LogP contribution in [0, 0.1) is 5.82 Å². The molecule has 23 heavy (non-hydrogen) atoms. The Morgan fingerprint density at radius 2 is 2.09 bits per heavy atom. The Balaban J connectivity index is 2.00. The van der Waals surface area contributed by atoms with Gasteiger partial charge in [-0.2, -0.15) is 5.10 Å². The van der Waals surface area contributed by atoms with Crippen molar-refractivity contribution in [3.05, 3.63) is 52.6 Å². The molecule has 1 atom stereocenters. The Morgan fingerprint density at radius 1 is 1.30 bits per heavy atom. The van der Waals surface area contributed by atoms with E-state index in [1.54, 1.807) is 27.9 Å². The first-order chi connectivity index (χ1) is 11.1. The van der Waals surface area contributed by atoms with Crippen LogP contribution in [0.3, 0.4) is 0 Å². The van der Waals surface area contributed by atoms with Crippen molar-refractivity contribution in [1.29, 1.82) is 0 Å². The van der Waals surface area contributed by atoms with Gasteiger partial charge in [0.05, 0.1) is 28.5 Å². The van der Waals surface area contributed by atoms with E-state index in [1.165, 1.54) is 12.1 Å². The van der Waals surface area contributed by atoms with Gasteiger partial charge in [-0.05, 0) is 25.0 Å². The number of halogens is 2. The summed E-state index contributed by atoms with van der Waals surface area (Å²) in [5.74, 6) is -0.774. The third-order valence-electron chi connectivity index (χ3n) is 4.37. The largest absolute Gasteiger partial charge is 0.330 e. The second-order valence-corrected chi connectivity index (χ2v) is 6.25. The second-order valence-electron chi connectivity index (χ2n) is 5.84. The Kier molecular flexibility index (Phi) is 4.66. The summed E-state index contributed by atoms with van der Waals surface area (Å²) in [5.41, 5.74) is 0.927. The van der Waals surface area contributed by atoms with Crippen LogP contribution in [0.4, 0.5) is 4.39 Å². The lowest BCUT2D eigenvalue weighted by Gasteiger charge is -2.30. The van der Waals surface area contributed by atoms with Crippen LogP contribution in [0.25, 0.3) is 0 Å². The maximum atomic E-state index is 14.0. The fourth-order valence-corrected chi connectivity index (χ4v) is 3.51. The minimum atomic E-state index is -0.489. The second kappa shape index (κ2) is 6.71. The van der Waals surface area contributed by atoms with Crippen molar-refractivity contribution in [2.24, 2.45) is 7.05 Å². The Bertz CT molecular complexity index is 696. The van der Waals surface area contributed by atoms with Crippen molar-refractivity contribution < 1.29 is 9.18 Å². The third-order valence-corrected chi connectivity index (χ3v) is 4.66. The molecule has 1 aromatic carbocycles. The molecule has 1 aromatic heterocycles. The first kappa shape index (κ1) is 16.0. The van der Waals surface area contributed by atoms with Crippen LogP contribution >= 0.6 is 11.6 Å². The molecule has 1 aliphatic heterocycles. The number of hydrogen-bond donors (Lipinski definition) is 0. The predicted molar refractivity (Wildman–Crippen MR) is 86.9 cm³/mol. The molecule has 0 unspecified atom stereocenters. The van der Waals surface area contributed by atoms with Gasteiger partial charge >= 0.3 is 0 Å². The molecule has 0 radical (unpaired) electrons. The average Bonchev–Trinajstić information content (AvgIpc) is 2.75. The van der Waals surface area contributed by atoms with Crippen molar-refractivity contribution in [2.45, 2.75) is 31.7 Å². The summed E-state index contributed by atoms with van der Waals surface area (Å²) in [6.07, 6.45) is 5.36. The molecular formula is C17H19ClFN3O. The molecule has 0 aliphatic carbocycles. The number of aryl methyl sites for hydroxylation is 1. The van der Waals surface area contributed by atoms with Crippen LogP contribution in [0.2, 0.25) is 5.02 Å². The summed E-state index contributed by atoms with van der Waals surface area (Å²) in [5, 5.41) is 4.73. The van der Waals surface area contributed by atoms with Crippen molar-refractivity contribution >= 4 is 17.5 Å². The number of hydrogen-bond acceptors (Lipinski definition) is 2. The quantitative estimate of drug-likeness (QED) is 0.832. The molecule has 1 amide bonds. The van der Waals surface area contributed by atoms with Gasteiger partial charge in [-0.1, -0.05) is 36.6 Å². The monoisotopic (exact) mass is 335 g/mol. The number of carbonyl (C=O) groups is 1. The van der Waals surface area contributed by atoms with E-state index in [9.17, 15) is 9.18 Å². The Hall–Kier alpha value is -1.88. The highest BCUT2D eigenvalue weighted by molar-refractivity contribution is 6.31. The van der Waals surface area contributed by atoms with E-state index in [4.69, 9.17) is 11.6 Å². The standard InChI is InChI=1S/C17H19ClFN3O/c1-21-16(13(18)11-20-21)15-9-3-2-6-10-22(15)17(23)12-7-4-5-8-14(12)19/h4-5,7-8,11,15H,2-3,6,9-10H2,1H3/t15-/m1/s1. The van der Waals surface area contributed by atoms with Crippen molar-refractivity contribution in [3.8, 4) is 0 Å². The van der Waals surface area contributed by atoms with Crippen LogP contribution in [0.1, 0.15) is 47.8 Å². The molecule has 1 saturated heterocycles. The average molecular weight is 336 g/mol. The minimum Gasteiger partial charge on any atom is -0.330 e. The van der Waals surface area contributed by atoms with Crippen molar-refractivity contribution in [1.82, 2.24) is 14.7 Å². The minimum absolute atomic E-state index is 0.109. The summed E-state index contributed by atoms with van der Waals surface area (Å²) >= 11 is 6.28. The zero-order valence-electron chi connectivity index (χ0n) is 13.0. The first-order valence-corrected chi connectivity index (χ1v) is 8.20. The van der Waals surface area contributed by atoms with Crippen LogP contribution in [-0.4, -0.2) is 27.1 Å². The number of benzene rings is 1. The van der Waals surface area contributed by atoms with Crippen LogP contribution < -0.4 is 0 Å². The molecular weight excluding hydrogens is 317 g/mol. The number of rotatable bonds is 2. The fourth-order valence-electron chi connectivity index (χ4n) is 3.22. The predicted octanol–water partition coefficient (Wildman–Crippen LogP) is 3.97. The van der Waals surface area contributed by atoms with Crippen LogP contribution in [0.15, 0.2) is 30.5 Å². The van der Waals surface area contributed by atoms with Gasteiger partial charge in [0.2, 0.25) is 0 Å². The fraction of sp³-hybridized carbons (Fsp3) is 0.412. The summed E-state index contributed by atoms with van der Waals surface area (Å²) in [6, 6.07) is 5.94. The lowest BCUT2D eigenvalue weighted by Crippen LogP contribution is -2.36. The molecule has 0 N–H and O–H groups in total. The summed E-state index contributed by atoms with van der Waals surface area (Å²) in [6.45, 7) is 0.597. The zero-order chi connectivity index (χ0) is 16.4. The summed E-state index contributed by atoms with van der Waals surface area (Å²) in [7, 11) is 1.82. The SMILES string of the molecule is Cn1ncc(Cl)c1[C@H]1CCCCCN1C(=O)c1ccccc1F. The number of carbonyl (C=O) groups excluding carboxylic acids is 1. The zero-order valence-corrected chi connectivity index (χ0v) is 13.8. The van der Waals surface area contributed by atoms with Crippen molar-refractivity contribution in [2.75, 3.05) is 6.54 Å². The lowest BCUT2D eigenvalue weighted by atomic mass is 10.0. The first-order valence-electron chi connectivity index (χ1n) is 7.82. The van der Waals surface area contributed by atoms with Gasteiger partial charge in [-0.15, -0.1) is 0 Å². The highest BCUT2D eigenvalue weighted by Gasteiger charge is 2.32. The molecule has 122 valence electrons. The number of aromatic nitrogens is 2. The molecule has 2 heterocycles. The number of nitrogens with zero attached hydrogens (tertiary/aromatic N) is 3. The van der Waals surface area contributed by atoms with Gasteiger partial charge in [-0.3, -0.25) is 9.48 Å². The maximum absolute atomic E-state index is 14.0. The Morgan fingerprint density at radius 3 is 2.78 bits per heavy atom. The van der Waals surface area contributed by atoms with Gasteiger partial charge in [-0.25, -0.2) is 4.39 Å². The number of likely N-dealkylation sites (tertiary alicyclic amines) is 1. The van der Waals surface area contributed by atoms with E-state index >= 15 is 0 Å². The molecule has 3 rings (SSSR count). The van der Waals surface area contributed by atoms with Crippen LogP contribution in [-0.2, 0) is 7.05 Å². The maximum Gasteiger partial charge on any atom is 0.257 e. The topological polar surface area (TPSA) is 38.1 Å². The molecule has 2 aromatic rings. The van der Waals surface area contributed by atoms with Gasteiger partial charge in [0.15, 0.2) is 0 Å². The summed E-state index contributed by atoms with van der Waals surface area (Å²) in [4.78, 5) is 14.7. The van der Waals surface area contributed by atoms with Gasteiger partial charge in [0.25, 0.3) is 5.91 Å². The molecule has 1 aliphatic rings. The van der Waals surface area contributed by atoms with E-state index in [-0.39, 0.29) is 17.5 Å². The van der Waals surface area contributed by atoms with Gasteiger partial charge in [0.1, 0.15) is 5.82 Å². The molecule has 1 fully saturated rings. The van der Waals surface area contributed by atoms with E-state index in [0.29, 0.717) is 11.6 Å². The van der Waals surface area contributed by atoms with Gasteiger partial charge in [0, 0.05) is 13.6 Å². The highest BCUT2D eigenvalue weighted by Crippen LogP contribution is 2.34. The molecule has 4 nitrogen and oxygen atoms in total. The molecule has 0 spiro atoms. The van der Waals surface area contributed by atoms with E-state index < -0.39 is 5.82 Å². The van der Waals surface area contributed by atoms with E-state index in [0.717, 1.165) is 31.4 Å². The lowest BCUT2D eigenvalue weighted by molar-refractivity contribution is 0.0669. The summed E-state index contributed by atoms with van der Waals surface area (Å²) < 4.78 is 15.7.